The van der Waals surface area contributed by atoms with Gasteiger partial charge in [-0.15, -0.1) is 0 Å². The zero-order valence-electron chi connectivity index (χ0n) is 10.9. The first-order valence-corrected chi connectivity index (χ1v) is 7.71. The number of nitrogens with two attached hydrogens (primary N) is 1. The number of nitrogen functional groups attached to an aromatic ring is 1. The lowest BCUT2D eigenvalue weighted by atomic mass is 10.3. The van der Waals surface area contributed by atoms with E-state index in [4.69, 9.17) is 10.5 Å². The molecule has 106 valence electrons. The van der Waals surface area contributed by atoms with Crippen LogP contribution in [-0.4, -0.2) is 39.0 Å². The molecule has 0 heterocycles. The smallest absolute Gasteiger partial charge is 0.238 e. The molecular formula is C12H18N2O4S. The molecule has 0 bridgehead atoms. The molecule has 1 amide bonds. The molecule has 0 aromatic heterocycles. The van der Waals surface area contributed by atoms with Crippen molar-refractivity contribution in [1.82, 2.24) is 5.32 Å². The summed E-state index contributed by atoms with van der Waals surface area (Å²) in [5.74, 6) is 0.114. The molecule has 1 aromatic rings. The van der Waals surface area contributed by atoms with Gasteiger partial charge in [0.05, 0.1) is 6.54 Å². The molecule has 0 fully saturated rings. The number of benzene rings is 1. The van der Waals surface area contributed by atoms with E-state index >= 15 is 0 Å². The largest absolute Gasteiger partial charge is 0.492 e. The van der Waals surface area contributed by atoms with E-state index in [1.54, 1.807) is 24.3 Å². The van der Waals surface area contributed by atoms with Gasteiger partial charge in [-0.05, 0) is 31.2 Å². The van der Waals surface area contributed by atoms with Crippen molar-refractivity contribution >= 4 is 21.4 Å². The first kappa shape index (κ1) is 15.3. The topological polar surface area (TPSA) is 98.5 Å². The van der Waals surface area contributed by atoms with Crippen molar-refractivity contribution in [1.29, 1.82) is 0 Å². The highest BCUT2D eigenvalue weighted by atomic mass is 32.2. The fraction of sp³-hybridized carbons (Fsp3) is 0.417. The fourth-order valence-electron chi connectivity index (χ4n) is 1.25. The standard InChI is InChI=1S/C12H18N2O4S/c1-9(19(2,16)17)12(15)14-7-8-18-11-5-3-10(13)4-6-11/h3-6,9H,7-8,13H2,1-2H3,(H,14,15). The Bertz CT molecular complexity index is 525. The average Bonchev–Trinajstić information content (AvgIpc) is 2.34. The predicted octanol–water partition coefficient (Wildman–Crippen LogP) is 0.197. The molecule has 1 aromatic carbocycles. The summed E-state index contributed by atoms with van der Waals surface area (Å²) >= 11 is 0. The number of hydrogen-bond acceptors (Lipinski definition) is 5. The highest BCUT2D eigenvalue weighted by Gasteiger charge is 2.22. The second-order valence-electron chi connectivity index (χ2n) is 4.18. The third kappa shape index (κ3) is 5.17. The number of sulfone groups is 1. The molecule has 0 saturated carbocycles. The average molecular weight is 286 g/mol. The van der Waals surface area contributed by atoms with E-state index in [1.807, 2.05) is 0 Å². The van der Waals surface area contributed by atoms with Gasteiger partial charge in [0.15, 0.2) is 9.84 Å². The highest BCUT2D eigenvalue weighted by molar-refractivity contribution is 7.92. The van der Waals surface area contributed by atoms with E-state index in [-0.39, 0.29) is 13.2 Å². The summed E-state index contributed by atoms with van der Waals surface area (Å²) in [4.78, 5) is 11.5. The number of rotatable bonds is 6. The quantitative estimate of drug-likeness (QED) is 0.575. The van der Waals surface area contributed by atoms with Gasteiger partial charge in [0, 0.05) is 11.9 Å². The Morgan fingerprint density at radius 1 is 1.37 bits per heavy atom. The Labute approximate surface area is 112 Å². The second-order valence-corrected chi connectivity index (χ2v) is 6.55. The first-order chi connectivity index (χ1) is 8.80. The van der Waals surface area contributed by atoms with Crippen molar-refractivity contribution in [2.75, 3.05) is 25.1 Å². The lowest BCUT2D eigenvalue weighted by molar-refractivity contribution is -0.120. The van der Waals surface area contributed by atoms with Crippen LogP contribution in [0.5, 0.6) is 5.75 Å². The molecule has 6 nitrogen and oxygen atoms in total. The zero-order valence-corrected chi connectivity index (χ0v) is 11.7. The molecule has 1 rings (SSSR count). The number of hydrogen-bond donors (Lipinski definition) is 2. The number of anilines is 1. The van der Waals surface area contributed by atoms with Crippen LogP contribution in [0.1, 0.15) is 6.92 Å². The summed E-state index contributed by atoms with van der Waals surface area (Å²) in [7, 11) is -3.36. The number of carbonyl (C=O) groups is 1. The molecule has 3 N–H and O–H groups in total. The van der Waals surface area contributed by atoms with Gasteiger partial charge >= 0.3 is 0 Å². The molecule has 0 saturated heterocycles. The van der Waals surface area contributed by atoms with E-state index in [9.17, 15) is 13.2 Å². The van der Waals surface area contributed by atoms with Crippen LogP contribution < -0.4 is 15.8 Å². The Hall–Kier alpha value is -1.76. The van der Waals surface area contributed by atoms with Crippen LogP contribution >= 0.6 is 0 Å². The third-order valence-corrected chi connectivity index (χ3v) is 4.06. The zero-order chi connectivity index (χ0) is 14.5. The van der Waals surface area contributed by atoms with Crippen molar-refractivity contribution in [3.05, 3.63) is 24.3 Å². The van der Waals surface area contributed by atoms with Crippen molar-refractivity contribution in [3.63, 3.8) is 0 Å². The molecule has 19 heavy (non-hydrogen) atoms. The van der Waals surface area contributed by atoms with Gasteiger partial charge in [0.2, 0.25) is 5.91 Å². The number of ether oxygens (including phenoxy) is 1. The Balaban J connectivity index is 2.31. The first-order valence-electron chi connectivity index (χ1n) is 5.75. The van der Waals surface area contributed by atoms with Crippen LogP contribution in [0.3, 0.4) is 0 Å². The summed E-state index contributed by atoms with van der Waals surface area (Å²) in [6.07, 6.45) is 1.03. The molecule has 1 unspecified atom stereocenters. The summed E-state index contributed by atoms with van der Waals surface area (Å²) in [6, 6.07) is 6.85. The monoisotopic (exact) mass is 286 g/mol. The number of nitrogens with one attached hydrogen (secondary N) is 1. The Kier molecular flexibility index (Phi) is 5.17. The summed E-state index contributed by atoms with van der Waals surface area (Å²) < 4.78 is 27.7. The fourth-order valence-corrected chi connectivity index (χ4v) is 1.72. The van der Waals surface area contributed by atoms with Crippen molar-refractivity contribution in [3.8, 4) is 5.75 Å². The second kappa shape index (κ2) is 6.42. The van der Waals surface area contributed by atoms with Gasteiger partial charge in [-0.1, -0.05) is 0 Å². The van der Waals surface area contributed by atoms with Gasteiger partial charge in [-0.2, -0.15) is 0 Å². The molecule has 1 atom stereocenters. The van der Waals surface area contributed by atoms with Crippen molar-refractivity contribution in [2.45, 2.75) is 12.2 Å². The maximum atomic E-state index is 11.5. The minimum atomic E-state index is -3.36. The van der Waals surface area contributed by atoms with Crippen LogP contribution in [0.4, 0.5) is 5.69 Å². The summed E-state index contributed by atoms with van der Waals surface area (Å²) in [5, 5.41) is 1.45. The maximum absolute atomic E-state index is 11.5. The lowest BCUT2D eigenvalue weighted by Crippen LogP contribution is -2.39. The van der Waals surface area contributed by atoms with E-state index in [0.717, 1.165) is 6.26 Å². The van der Waals surface area contributed by atoms with Gasteiger partial charge in [-0.25, -0.2) is 8.42 Å². The van der Waals surface area contributed by atoms with E-state index in [1.165, 1.54) is 6.92 Å². The van der Waals surface area contributed by atoms with Crippen LogP contribution in [0.15, 0.2) is 24.3 Å². The van der Waals surface area contributed by atoms with Crippen molar-refractivity contribution < 1.29 is 17.9 Å². The van der Waals surface area contributed by atoms with Crippen LogP contribution in [0, 0.1) is 0 Å². The molecule has 0 spiro atoms. The SMILES string of the molecule is CC(C(=O)NCCOc1ccc(N)cc1)S(C)(=O)=O. The predicted molar refractivity (Wildman–Crippen MR) is 73.7 cm³/mol. The normalized spacial score (nSPS) is 12.7. The van der Waals surface area contributed by atoms with Crippen LogP contribution in [0.25, 0.3) is 0 Å². The minimum Gasteiger partial charge on any atom is -0.492 e. The van der Waals surface area contributed by atoms with Crippen LogP contribution in [0.2, 0.25) is 0 Å². The van der Waals surface area contributed by atoms with Crippen molar-refractivity contribution in [2.24, 2.45) is 0 Å². The maximum Gasteiger partial charge on any atom is 0.238 e. The molecule has 0 aliphatic carbocycles. The molecule has 0 aliphatic heterocycles. The van der Waals surface area contributed by atoms with Gasteiger partial charge in [0.1, 0.15) is 17.6 Å². The molecular weight excluding hydrogens is 268 g/mol. The summed E-state index contributed by atoms with van der Waals surface area (Å²) in [5.41, 5.74) is 6.17. The van der Waals surface area contributed by atoms with Gasteiger partial charge in [-0.3, -0.25) is 4.79 Å². The number of carbonyl (C=O) groups excluding carboxylic acids is 1. The van der Waals surface area contributed by atoms with Crippen LogP contribution in [-0.2, 0) is 14.6 Å². The van der Waals surface area contributed by atoms with E-state index in [2.05, 4.69) is 5.32 Å². The molecule has 0 aliphatic rings. The number of amides is 1. The third-order valence-electron chi connectivity index (χ3n) is 2.56. The summed E-state index contributed by atoms with van der Waals surface area (Å²) in [6.45, 7) is 1.85. The molecule has 7 heteroatoms. The Morgan fingerprint density at radius 3 is 2.47 bits per heavy atom. The highest BCUT2D eigenvalue weighted by Crippen LogP contribution is 2.12. The minimum absolute atomic E-state index is 0.239. The van der Waals surface area contributed by atoms with E-state index in [0.29, 0.717) is 11.4 Å². The Morgan fingerprint density at radius 2 is 1.95 bits per heavy atom. The van der Waals surface area contributed by atoms with E-state index < -0.39 is 21.0 Å². The van der Waals surface area contributed by atoms with Gasteiger partial charge in [0.25, 0.3) is 0 Å². The van der Waals surface area contributed by atoms with Gasteiger partial charge < -0.3 is 15.8 Å². The lowest BCUT2D eigenvalue weighted by Gasteiger charge is -2.11. The molecule has 0 radical (unpaired) electrons.